The van der Waals surface area contributed by atoms with Crippen molar-refractivity contribution < 1.29 is 40.2 Å². The average Bonchev–Trinajstić information content (AvgIpc) is 2.89. The summed E-state index contributed by atoms with van der Waals surface area (Å²) in [5, 5.41) is 61.0. The van der Waals surface area contributed by atoms with Crippen LogP contribution in [0, 0.1) is 0 Å². The van der Waals surface area contributed by atoms with E-state index in [0.29, 0.717) is 12.8 Å². The summed E-state index contributed by atoms with van der Waals surface area (Å²) in [5.41, 5.74) is 0. The second-order valence-corrected chi connectivity index (χ2v) is 10.5. The number of carbonyl (C=O) groups excluding carboxylic acids is 1. The van der Waals surface area contributed by atoms with E-state index in [1.807, 2.05) is 72.9 Å². The minimum absolute atomic E-state index is 0.0687. The van der Waals surface area contributed by atoms with Crippen LogP contribution in [-0.2, 0) is 9.53 Å². The third kappa shape index (κ3) is 21.8. The van der Waals surface area contributed by atoms with Gasteiger partial charge in [-0.15, -0.1) is 0 Å². The third-order valence-corrected chi connectivity index (χ3v) is 6.24. The van der Waals surface area contributed by atoms with Crippen molar-refractivity contribution in [3.63, 3.8) is 0 Å². The van der Waals surface area contributed by atoms with E-state index in [1.165, 1.54) is 12.2 Å². The SMILES string of the molecule is C[C@H]1C[C@@H](O)C[C@@H](O)C/C=C\[C@@H](O)C/C=C\[C@@H](O)C[C@@H](O)C[C@@H](O)C\C=C/C=C\C=C/C=C\C=C/C=C\CCC(=O)O1. The van der Waals surface area contributed by atoms with E-state index < -0.39 is 42.7 Å². The highest BCUT2D eigenvalue weighted by Crippen LogP contribution is 2.13. The van der Waals surface area contributed by atoms with Gasteiger partial charge in [0.2, 0.25) is 0 Å². The monoisotopic (exact) mass is 586 g/mol. The van der Waals surface area contributed by atoms with Crippen molar-refractivity contribution in [2.75, 3.05) is 0 Å². The summed E-state index contributed by atoms with van der Waals surface area (Å²) >= 11 is 0. The van der Waals surface area contributed by atoms with Crippen molar-refractivity contribution >= 4 is 5.97 Å². The summed E-state index contributed by atoms with van der Waals surface area (Å²) in [4.78, 5) is 12.1. The van der Waals surface area contributed by atoms with Crippen LogP contribution in [-0.4, -0.2) is 79.3 Å². The van der Waals surface area contributed by atoms with Gasteiger partial charge in [0.1, 0.15) is 6.10 Å². The van der Waals surface area contributed by atoms with Crippen molar-refractivity contribution in [1.29, 1.82) is 0 Å². The molecular weight excluding hydrogens is 536 g/mol. The largest absolute Gasteiger partial charge is 0.463 e. The Bertz CT molecular complexity index is 959. The van der Waals surface area contributed by atoms with Crippen LogP contribution in [0.5, 0.6) is 0 Å². The maximum Gasteiger partial charge on any atom is 0.306 e. The lowest BCUT2D eigenvalue weighted by Gasteiger charge is -2.19. The predicted octanol–water partition coefficient (Wildman–Crippen LogP) is 4.06. The van der Waals surface area contributed by atoms with Crippen LogP contribution in [0.1, 0.15) is 64.7 Å². The fourth-order valence-corrected chi connectivity index (χ4v) is 4.13. The smallest absolute Gasteiger partial charge is 0.306 e. The Morgan fingerprint density at radius 3 is 1.64 bits per heavy atom. The van der Waals surface area contributed by atoms with E-state index in [2.05, 4.69) is 0 Å². The minimum Gasteiger partial charge on any atom is -0.463 e. The molecule has 0 saturated heterocycles. The van der Waals surface area contributed by atoms with Crippen molar-refractivity contribution in [2.24, 2.45) is 0 Å². The zero-order chi connectivity index (χ0) is 31.0. The van der Waals surface area contributed by atoms with E-state index in [-0.39, 0.29) is 50.9 Å². The van der Waals surface area contributed by atoms with Crippen LogP contribution < -0.4 is 0 Å². The molecule has 8 heteroatoms. The summed E-state index contributed by atoms with van der Waals surface area (Å²) in [6, 6.07) is 0. The van der Waals surface area contributed by atoms with E-state index in [9.17, 15) is 35.4 Å². The van der Waals surface area contributed by atoms with E-state index in [0.717, 1.165) is 0 Å². The number of allylic oxidation sites excluding steroid dienone is 11. The molecule has 6 N–H and O–H groups in total. The van der Waals surface area contributed by atoms with Crippen LogP contribution in [0.4, 0.5) is 0 Å². The van der Waals surface area contributed by atoms with Crippen molar-refractivity contribution in [3.05, 3.63) is 97.2 Å². The number of ether oxygens (including phenoxy) is 1. The van der Waals surface area contributed by atoms with E-state index in [4.69, 9.17) is 4.74 Å². The average molecular weight is 587 g/mol. The molecule has 1 rings (SSSR count). The first kappa shape index (κ1) is 37.2. The van der Waals surface area contributed by atoms with Crippen LogP contribution in [0.2, 0.25) is 0 Å². The lowest BCUT2D eigenvalue weighted by molar-refractivity contribution is -0.149. The van der Waals surface area contributed by atoms with Gasteiger partial charge in [0.15, 0.2) is 0 Å². The van der Waals surface area contributed by atoms with Gasteiger partial charge in [-0.2, -0.15) is 0 Å². The number of esters is 1. The Kier molecular flexibility index (Phi) is 21.0. The van der Waals surface area contributed by atoms with Gasteiger partial charge in [0.05, 0.1) is 36.6 Å². The van der Waals surface area contributed by atoms with Gasteiger partial charge in [0.25, 0.3) is 0 Å². The molecule has 0 spiro atoms. The fraction of sp³-hybridized carbons (Fsp3) is 0.500. The van der Waals surface area contributed by atoms with Crippen LogP contribution >= 0.6 is 0 Å². The molecule has 0 aromatic heterocycles. The first-order valence-corrected chi connectivity index (χ1v) is 14.7. The third-order valence-electron chi connectivity index (χ3n) is 6.24. The highest BCUT2D eigenvalue weighted by Gasteiger charge is 2.17. The van der Waals surface area contributed by atoms with Crippen LogP contribution in [0.25, 0.3) is 0 Å². The first-order chi connectivity index (χ1) is 20.2. The molecule has 42 heavy (non-hydrogen) atoms. The normalized spacial score (nSPS) is 37.1. The minimum atomic E-state index is -0.914. The molecule has 0 aromatic rings. The van der Waals surface area contributed by atoms with Gasteiger partial charge in [-0.1, -0.05) is 97.2 Å². The summed E-state index contributed by atoms with van der Waals surface area (Å²) in [6.45, 7) is 1.71. The van der Waals surface area contributed by atoms with Gasteiger partial charge in [-0.25, -0.2) is 0 Å². The van der Waals surface area contributed by atoms with Gasteiger partial charge in [-0.05, 0) is 45.4 Å². The Morgan fingerprint density at radius 1 is 0.548 bits per heavy atom. The first-order valence-electron chi connectivity index (χ1n) is 14.7. The predicted molar refractivity (Wildman–Crippen MR) is 166 cm³/mol. The lowest BCUT2D eigenvalue weighted by atomic mass is 10.0. The maximum absolute atomic E-state index is 12.1. The Labute approximate surface area is 250 Å². The number of rotatable bonds is 0. The molecule has 0 fully saturated rings. The molecule has 0 aliphatic carbocycles. The summed E-state index contributed by atoms with van der Waals surface area (Å²) < 4.78 is 5.35. The number of hydrogen-bond acceptors (Lipinski definition) is 8. The number of carbonyl (C=O) groups is 1. The Balaban J connectivity index is 2.71. The molecule has 0 radical (unpaired) electrons. The van der Waals surface area contributed by atoms with Crippen molar-refractivity contribution in [2.45, 2.75) is 107 Å². The van der Waals surface area contributed by atoms with Gasteiger partial charge in [0, 0.05) is 19.3 Å². The number of aliphatic hydroxyl groups excluding tert-OH is 6. The van der Waals surface area contributed by atoms with Crippen molar-refractivity contribution in [1.82, 2.24) is 0 Å². The molecule has 0 saturated carbocycles. The van der Waals surface area contributed by atoms with Gasteiger partial charge < -0.3 is 35.4 Å². The molecule has 1 heterocycles. The molecule has 0 aromatic carbocycles. The molecule has 1 aliphatic heterocycles. The quantitative estimate of drug-likeness (QED) is 0.184. The Hall–Kier alpha value is -2.85. The highest BCUT2D eigenvalue weighted by molar-refractivity contribution is 5.69. The topological polar surface area (TPSA) is 148 Å². The lowest BCUT2D eigenvalue weighted by Crippen LogP contribution is -2.24. The molecule has 1 aliphatic rings. The van der Waals surface area contributed by atoms with E-state index >= 15 is 0 Å². The molecule has 0 bridgehead atoms. The molecule has 234 valence electrons. The van der Waals surface area contributed by atoms with Crippen LogP contribution in [0.15, 0.2) is 97.2 Å². The fourth-order valence-electron chi connectivity index (χ4n) is 4.13. The zero-order valence-corrected chi connectivity index (χ0v) is 24.6. The standard InChI is InChI=1S/C34H50O8/c1-27-23-32(39)24-30(37)20-15-18-28(35)19-16-21-31(38)26-33(40)25-29(36)17-13-11-9-7-5-3-2-4-6-8-10-12-14-22-34(41)42-27/h2-13,15-16,18,21,27-33,35-40H,14,17,19-20,22-26H2,1H3/b4-2-,5-3-,8-6-,9-7-,12-10-,13-11-,18-15-,21-16-/t27-,28+,29-,30-,31+,32+,33-/m0/s1. The molecular formula is C34H50O8. The Morgan fingerprint density at radius 2 is 1.02 bits per heavy atom. The second-order valence-electron chi connectivity index (χ2n) is 10.5. The second kappa shape index (κ2) is 23.7. The van der Waals surface area contributed by atoms with Crippen LogP contribution in [0.3, 0.4) is 0 Å². The summed E-state index contributed by atoms with van der Waals surface area (Å²) in [6.07, 6.45) is 25.2. The highest BCUT2D eigenvalue weighted by atomic mass is 16.5. The summed E-state index contributed by atoms with van der Waals surface area (Å²) in [7, 11) is 0. The summed E-state index contributed by atoms with van der Waals surface area (Å²) in [5.74, 6) is -0.347. The molecule has 8 nitrogen and oxygen atoms in total. The van der Waals surface area contributed by atoms with E-state index in [1.54, 1.807) is 19.1 Å². The van der Waals surface area contributed by atoms with Gasteiger partial charge >= 0.3 is 5.97 Å². The number of aliphatic hydroxyl groups is 6. The zero-order valence-electron chi connectivity index (χ0n) is 24.6. The molecule has 0 amide bonds. The molecule has 7 atom stereocenters. The van der Waals surface area contributed by atoms with Crippen molar-refractivity contribution in [3.8, 4) is 0 Å². The molecule has 0 unspecified atom stereocenters. The number of cyclic esters (lactones) is 1. The maximum atomic E-state index is 12.1. The van der Waals surface area contributed by atoms with Gasteiger partial charge in [-0.3, -0.25) is 4.79 Å². The number of hydrogen-bond donors (Lipinski definition) is 6.